The monoisotopic (exact) mass is 297 g/mol. The number of hydrogen-bond donors (Lipinski definition) is 1. The molecule has 1 aromatic heterocycles. The predicted octanol–water partition coefficient (Wildman–Crippen LogP) is 3.11. The van der Waals surface area contributed by atoms with Crippen molar-refractivity contribution in [3.63, 3.8) is 0 Å². The Bertz CT molecular complexity index is 568. The highest BCUT2D eigenvalue weighted by atomic mass is 35.5. The Morgan fingerprint density at radius 3 is 2.85 bits per heavy atom. The zero-order chi connectivity index (χ0) is 14.5. The summed E-state index contributed by atoms with van der Waals surface area (Å²) in [5, 5.41) is 14.1. The van der Waals surface area contributed by atoms with E-state index in [2.05, 4.69) is 5.16 Å². The van der Waals surface area contributed by atoms with E-state index in [1.165, 1.54) is 0 Å². The van der Waals surface area contributed by atoms with E-state index in [1.807, 2.05) is 0 Å². The number of hydrogen-bond acceptors (Lipinski definition) is 5. The standard InChI is InChI=1S/C14H16ClNO4/c1-9(17)13-5-10(15)3-4-14(13)19-7-11-6-12(8-18-2)20-16-11/h3-6,9,17H,7-8H2,1-2H3. The van der Waals surface area contributed by atoms with Gasteiger partial charge in [0.05, 0.1) is 6.10 Å². The van der Waals surface area contributed by atoms with Gasteiger partial charge in [-0.3, -0.25) is 0 Å². The molecule has 0 fully saturated rings. The zero-order valence-electron chi connectivity index (χ0n) is 11.3. The summed E-state index contributed by atoms with van der Waals surface area (Å²) in [6, 6.07) is 6.88. The van der Waals surface area contributed by atoms with Crippen LogP contribution in [0.15, 0.2) is 28.8 Å². The van der Waals surface area contributed by atoms with E-state index in [4.69, 9.17) is 25.6 Å². The molecular formula is C14H16ClNO4. The van der Waals surface area contributed by atoms with Gasteiger partial charge in [-0.1, -0.05) is 16.8 Å². The Balaban J connectivity index is 2.06. The fourth-order valence-electron chi connectivity index (χ4n) is 1.76. The highest BCUT2D eigenvalue weighted by molar-refractivity contribution is 6.30. The fourth-order valence-corrected chi connectivity index (χ4v) is 1.94. The van der Waals surface area contributed by atoms with Crippen LogP contribution in [-0.2, 0) is 18.0 Å². The molecule has 2 rings (SSSR count). The van der Waals surface area contributed by atoms with Crippen molar-refractivity contribution in [3.05, 3.63) is 46.3 Å². The second kappa shape index (κ2) is 6.74. The van der Waals surface area contributed by atoms with Crippen LogP contribution in [0.2, 0.25) is 5.02 Å². The lowest BCUT2D eigenvalue weighted by atomic mass is 10.1. The second-order valence-corrected chi connectivity index (χ2v) is 4.80. The Morgan fingerprint density at radius 1 is 1.35 bits per heavy atom. The van der Waals surface area contributed by atoms with E-state index in [-0.39, 0.29) is 6.61 Å². The quantitative estimate of drug-likeness (QED) is 0.887. The molecule has 108 valence electrons. The third-order valence-electron chi connectivity index (χ3n) is 2.69. The van der Waals surface area contributed by atoms with E-state index in [1.54, 1.807) is 38.3 Å². The molecule has 0 amide bonds. The maximum Gasteiger partial charge on any atom is 0.162 e. The van der Waals surface area contributed by atoms with Crippen LogP contribution < -0.4 is 4.74 Å². The molecule has 20 heavy (non-hydrogen) atoms. The first kappa shape index (κ1) is 14.8. The Morgan fingerprint density at radius 2 is 2.15 bits per heavy atom. The summed E-state index contributed by atoms with van der Waals surface area (Å²) >= 11 is 5.91. The minimum absolute atomic E-state index is 0.245. The van der Waals surface area contributed by atoms with Crippen molar-refractivity contribution in [2.24, 2.45) is 0 Å². The Hall–Kier alpha value is -1.56. The number of ether oxygens (including phenoxy) is 2. The third kappa shape index (κ3) is 3.72. The largest absolute Gasteiger partial charge is 0.487 e. The van der Waals surface area contributed by atoms with Crippen molar-refractivity contribution in [3.8, 4) is 5.75 Å². The molecule has 0 bridgehead atoms. The molecule has 1 heterocycles. The molecular weight excluding hydrogens is 282 g/mol. The van der Waals surface area contributed by atoms with Crippen LogP contribution in [0, 0.1) is 0 Å². The highest BCUT2D eigenvalue weighted by Crippen LogP contribution is 2.28. The molecule has 1 N–H and O–H groups in total. The van der Waals surface area contributed by atoms with Gasteiger partial charge >= 0.3 is 0 Å². The molecule has 1 unspecified atom stereocenters. The number of nitrogens with zero attached hydrogens (tertiary/aromatic N) is 1. The molecule has 0 aliphatic carbocycles. The molecule has 1 atom stereocenters. The first-order valence-corrected chi connectivity index (χ1v) is 6.51. The summed E-state index contributed by atoms with van der Waals surface area (Å²) in [5.41, 5.74) is 1.29. The van der Waals surface area contributed by atoms with Gasteiger partial charge in [0, 0.05) is 23.8 Å². The van der Waals surface area contributed by atoms with Gasteiger partial charge in [-0.25, -0.2) is 0 Å². The number of halogens is 1. The smallest absolute Gasteiger partial charge is 0.162 e. The molecule has 1 aromatic carbocycles. The molecule has 0 saturated carbocycles. The van der Waals surface area contributed by atoms with Crippen LogP contribution >= 0.6 is 11.6 Å². The average molecular weight is 298 g/mol. The third-order valence-corrected chi connectivity index (χ3v) is 2.93. The molecule has 0 saturated heterocycles. The molecule has 0 aliphatic heterocycles. The van der Waals surface area contributed by atoms with Gasteiger partial charge in [0.1, 0.15) is 24.7 Å². The highest BCUT2D eigenvalue weighted by Gasteiger charge is 2.11. The summed E-state index contributed by atoms with van der Waals surface area (Å²) in [6.07, 6.45) is -0.662. The van der Waals surface area contributed by atoms with E-state index < -0.39 is 6.10 Å². The Labute approximate surface area is 122 Å². The van der Waals surface area contributed by atoms with Crippen LogP contribution in [0.25, 0.3) is 0 Å². The zero-order valence-corrected chi connectivity index (χ0v) is 12.1. The average Bonchev–Trinajstić information content (AvgIpc) is 2.85. The molecule has 0 aliphatic rings. The maximum atomic E-state index is 9.71. The molecule has 5 nitrogen and oxygen atoms in total. The van der Waals surface area contributed by atoms with E-state index in [9.17, 15) is 5.11 Å². The van der Waals surface area contributed by atoms with E-state index >= 15 is 0 Å². The van der Waals surface area contributed by atoms with Crippen LogP contribution in [0.3, 0.4) is 0 Å². The van der Waals surface area contributed by atoms with Gasteiger partial charge in [-0.15, -0.1) is 0 Å². The molecule has 0 spiro atoms. The van der Waals surface area contributed by atoms with Gasteiger partial charge in [0.15, 0.2) is 5.76 Å². The lowest BCUT2D eigenvalue weighted by Crippen LogP contribution is -2.01. The summed E-state index contributed by atoms with van der Waals surface area (Å²) in [4.78, 5) is 0. The van der Waals surface area contributed by atoms with Crippen LogP contribution in [-0.4, -0.2) is 17.4 Å². The number of benzene rings is 1. The van der Waals surface area contributed by atoms with Crippen molar-refractivity contribution in [1.82, 2.24) is 5.16 Å². The van der Waals surface area contributed by atoms with E-state index in [0.29, 0.717) is 34.4 Å². The number of methoxy groups -OCH3 is 1. The van der Waals surface area contributed by atoms with Crippen LogP contribution in [0.4, 0.5) is 0 Å². The van der Waals surface area contributed by atoms with Crippen molar-refractivity contribution < 1.29 is 19.1 Å². The van der Waals surface area contributed by atoms with Crippen LogP contribution in [0.1, 0.15) is 30.0 Å². The summed E-state index contributed by atoms with van der Waals surface area (Å²) < 4.78 is 15.7. The summed E-state index contributed by atoms with van der Waals surface area (Å²) in [5.74, 6) is 1.21. The lowest BCUT2D eigenvalue weighted by molar-refractivity contribution is 0.155. The van der Waals surface area contributed by atoms with Gasteiger partial charge in [-0.05, 0) is 25.1 Å². The SMILES string of the molecule is COCc1cc(COc2ccc(Cl)cc2C(C)O)no1. The van der Waals surface area contributed by atoms with Gasteiger partial charge in [-0.2, -0.15) is 0 Å². The number of aliphatic hydroxyl groups is 1. The number of aliphatic hydroxyl groups excluding tert-OH is 1. The topological polar surface area (TPSA) is 64.7 Å². The van der Waals surface area contributed by atoms with Crippen molar-refractivity contribution in [1.29, 1.82) is 0 Å². The molecule has 2 aromatic rings. The Kier molecular flexibility index (Phi) is 5.00. The number of aromatic nitrogens is 1. The minimum Gasteiger partial charge on any atom is -0.487 e. The second-order valence-electron chi connectivity index (χ2n) is 4.36. The normalized spacial score (nSPS) is 12.4. The first-order chi connectivity index (χ1) is 9.60. The summed E-state index contributed by atoms with van der Waals surface area (Å²) in [6.45, 7) is 2.27. The lowest BCUT2D eigenvalue weighted by Gasteiger charge is -2.12. The van der Waals surface area contributed by atoms with Crippen molar-refractivity contribution in [2.75, 3.05) is 7.11 Å². The minimum atomic E-state index is -0.662. The fraction of sp³-hybridized carbons (Fsp3) is 0.357. The molecule has 6 heteroatoms. The predicted molar refractivity (Wildman–Crippen MR) is 73.6 cm³/mol. The number of rotatable bonds is 6. The van der Waals surface area contributed by atoms with Crippen molar-refractivity contribution >= 4 is 11.6 Å². The molecule has 0 radical (unpaired) electrons. The summed E-state index contributed by atoms with van der Waals surface area (Å²) in [7, 11) is 1.58. The van der Waals surface area contributed by atoms with Crippen LogP contribution in [0.5, 0.6) is 5.75 Å². The first-order valence-electron chi connectivity index (χ1n) is 6.14. The maximum absolute atomic E-state index is 9.71. The van der Waals surface area contributed by atoms with Gasteiger partial charge < -0.3 is 19.1 Å². The van der Waals surface area contributed by atoms with Gasteiger partial charge in [0.2, 0.25) is 0 Å². The van der Waals surface area contributed by atoms with Crippen molar-refractivity contribution in [2.45, 2.75) is 26.2 Å². The van der Waals surface area contributed by atoms with Gasteiger partial charge in [0.25, 0.3) is 0 Å². The van der Waals surface area contributed by atoms with E-state index in [0.717, 1.165) is 0 Å².